The molecule has 124 valence electrons. The number of carboxylic acid groups (broad SMARTS) is 1. The number of carbonyl (C=O) groups excluding carboxylic acids is 1. The molecule has 0 aromatic heterocycles. The maximum atomic E-state index is 12.4. The van der Waals surface area contributed by atoms with Gasteiger partial charge in [-0.1, -0.05) is 25.7 Å². The van der Waals surface area contributed by atoms with E-state index < -0.39 is 0 Å². The van der Waals surface area contributed by atoms with Gasteiger partial charge in [-0.05, 0) is 19.3 Å². The van der Waals surface area contributed by atoms with Crippen molar-refractivity contribution in [3.63, 3.8) is 0 Å². The number of hydrogen-bond donors (Lipinski definition) is 1. The highest BCUT2D eigenvalue weighted by molar-refractivity contribution is 5.79. The minimum absolute atomic E-state index is 0.250. The average molecular weight is 308 g/mol. The molecule has 1 aliphatic carbocycles. The highest BCUT2D eigenvalue weighted by atomic mass is 16.3. The van der Waals surface area contributed by atoms with E-state index in [0.717, 1.165) is 58.4 Å². The van der Waals surface area contributed by atoms with Gasteiger partial charge in [0.25, 0.3) is 6.47 Å². The van der Waals surface area contributed by atoms with Gasteiger partial charge >= 0.3 is 0 Å². The lowest BCUT2D eigenvalue weighted by Gasteiger charge is -2.24. The first-order valence-electron chi connectivity index (χ1n) is 8.27. The second-order valence-electron chi connectivity index (χ2n) is 5.75. The van der Waals surface area contributed by atoms with Gasteiger partial charge in [0.05, 0.1) is 6.54 Å². The molecule has 5 heteroatoms. The Morgan fingerprint density at radius 1 is 1.14 bits per heavy atom. The molecule has 0 spiro atoms. The predicted octanol–water partition coefficient (Wildman–Crippen LogP) is 1.83. The van der Waals surface area contributed by atoms with Crippen molar-refractivity contribution < 1.29 is 14.7 Å². The first-order chi connectivity index (χ1) is 10.7. The molecule has 2 fully saturated rings. The molecule has 0 radical (unpaired) electrons. The van der Waals surface area contributed by atoms with Crippen LogP contribution in [0.25, 0.3) is 0 Å². The summed E-state index contributed by atoms with van der Waals surface area (Å²) >= 11 is 0. The van der Waals surface area contributed by atoms with Crippen molar-refractivity contribution in [1.82, 2.24) is 9.80 Å². The molecule has 0 aromatic rings. The topological polar surface area (TPSA) is 60.9 Å². The monoisotopic (exact) mass is 308 g/mol. The van der Waals surface area contributed by atoms with E-state index in [1.807, 2.05) is 0 Å². The molecule has 1 heterocycles. The molecule has 0 unspecified atom stereocenters. The number of hydrogen-bond acceptors (Lipinski definition) is 3. The lowest BCUT2D eigenvalue weighted by Crippen LogP contribution is -2.38. The van der Waals surface area contributed by atoms with Crippen LogP contribution in [0.1, 0.15) is 45.4 Å². The number of nitrogens with zero attached hydrogens (tertiary/aromatic N) is 2. The van der Waals surface area contributed by atoms with Gasteiger partial charge in [-0.15, -0.1) is 5.92 Å². The van der Waals surface area contributed by atoms with Gasteiger partial charge in [-0.3, -0.25) is 14.5 Å². The van der Waals surface area contributed by atoms with Gasteiger partial charge in [0.1, 0.15) is 0 Å². The molecule has 1 amide bonds. The van der Waals surface area contributed by atoms with Crippen LogP contribution in [0.3, 0.4) is 0 Å². The molecule has 1 saturated heterocycles. The first-order valence-corrected chi connectivity index (χ1v) is 8.27. The molecule has 0 aromatic carbocycles. The molecule has 22 heavy (non-hydrogen) atoms. The molecule has 5 nitrogen and oxygen atoms in total. The molecule has 2 rings (SSSR count). The number of carbonyl (C=O) groups is 2. The Hall–Kier alpha value is -1.54. The maximum Gasteiger partial charge on any atom is 0.290 e. The summed E-state index contributed by atoms with van der Waals surface area (Å²) < 4.78 is 0. The zero-order valence-electron chi connectivity index (χ0n) is 13.6. The third-order valence-corrected chi connectivity index (χ3v) is 4.21. The van der Waals surface area contributed by atoms with Gasteiger partial charge < -0.3 is 10.0 Å². The average Bonchev–Trinajstić information content (AvgIpc) is 2.95. The number of rotatable bonds is 2. The molecule has 0 bridgehead atoms. The van der Waals surface area contributed by atoms with Crippen LogP contribution < -0.4 is 0 Å². The zero-order chi connectivity index (χ0) is 16.2. The summed E-state index contributed by atoms with van der Waals surface area (Å²) in [4.78, 5) is 25.2. The molecular weight excluding hydrogens is 280 g/mol. The van der Waals surface area contributed by atoms with Crippen molar-refractivity contribution in [2.45, 2.75) is 45.4 Å². The molecule has 1 aliphatic heterocycles. The summed E-state index contributed by atoms with van der Waals surface area (Å²) in [7, 11) is 0. The molecule has 0 atom stereocenters. The summed E-state index contributed by atoms with van der Waals surface area (Å²) in [5, 5.41) is 6.89. The van der Waals surface area contributed by atoms with E-state index in [9.17, 15) is 4.79 Å². The fraction of sp³-hybridized carbons (Fsp3) is 0.765. The third-order valence-electron chi connectivity index (χ3n) is 4.21. The summed E-state index contributed by atoms with van der Waals surface area (Å²) in [5.41, 5.74) is 0. The van der Waals surface area contributed by atoms with Gasteiger partial charge in [0.15, 0.2) is 0 Å². The fourth-order valence-electron chi connectivity index (χ4n) is 3.07. The summed E-state index contributed by atoms with van der Waals surface area (Å²) in [6.07, 6.45) is 6.72. The van der Waals surface area contributed by atoms with Crippen LogP contribution in [0, 0.1) is 17.8 Å². The highest BCUT2D eigenvalue weighted by Gasteiger charge is 2.28. The van der Waals surface area contributed by atoms with Crippen molar-refractivity contribution in [1.29, 1.82) is 0 Å². The Labute approximate surface area is 133 Å². The van der Waals surface area contributed by atoms with Gasteiger partial charge in [-0.2, -0.15) is 0 Å². The van der Waals surface area contributed by atoms with Crippen molar-refractivity contribution in [3.05, 3.63) is 0 Å². The standard InChI is InChI=1S/C16H26N2O.CH2O2/c1-2-3-6-10-17-11-7-12-18(14-13-17)16(19)15-8-4-5-9-15;2-1-3/h15H,2,4-5,7-14H2,1H3;1H,(H,2,3). The lowest BCUT2D eigenvalue weighted by molar-refractivity contribution is -0.135. The van der Waals surface area contributed by atoms with E-state index in [0.29, 0.717) is 11.8 Å². The van der Waals surface area contributed by atoms with Crippen LogP contribution in [-0.4, -0.2) is 60.0 Å². The Balaban J connectivity index is 0.000000745. The van der Waals surface area contributed by atoms with Crippen LogP contribution in [0.2, 0.25) is 0 Å². The fourth-order valence-corrected chi connectivity index (χ4v) is 3.07. The van der Waals surface area contributed by atoms with Gasteiger partial charge in [0.2, 0.25) is 5.91 Å². The second kappa shape index (κ2) is 11.1. The summed E-state index contributed by atoms with van der Waals surface area (Å²) in [5.74, 6) is 7.07. The quantitative estimate of drug-likeness (QED) is 0.624. The van der Waals surface area contributed by atoms with Crippen molar-refractivity contribution in [2.24, 2.45) is 5.92 Å². The van der Waals surface area contributed by atoms with Crippen LogP contribution in [0.15, 0.2) is 0 Å². The Morgan fingerprint density at radius 2 is 1.82 bits per heavy atom. The van der Waals surface area contributed by atoms with Gasteiger partial charge in [-0.25, -0.2) is 0 Å². The Kier molecular flexibility index (Phi) is 9.33. The van der Waals surface area contributed by atoms with E-state index in [4.69, 9.17) is 9.90 Å². The van der Waals surface area contributed by atoms with E-state index in [1.165, 1.54) is 12.8 Å². The molecular formula is C17H28N2O3. The predicted molar refractivity (Wildman–Crippen MR) is 86.4 cm³/mol. The van der Waals surface area contributed by atoms with E-state index in [1.54, 1.807) is 0 Å². The van der Waals surface area contributed by atoms with E-state index >= 15 is 0 Å². The Morgan fingerprint density at radius 3 is 2.45 bits per heavy atom. The van der Waals surface area contributed by atoms with Crippen molar-refractivity contribution >= 4 is 12.4 Å². The van der Waals surface area contributed by atoms with E-state index in [2.05, 4.69) is 28.6 Å². The Bertz CT molecular complexity index is 394. The third kappa shape index (κ3) is 6.48. The normalized spacial score (nSPS) is 19.4. The summed E-state index contributed by atoms with van der Waals surface area (Å²) in [6.45, 7) is 6.58. The maximum absolute atomic E-state index is 12.4. The largest absolute Gasteiger partial charge is 0.483 e. The minimum Gasteiger partial charge on any atom is -0.483 e. The SMILES string of the molecule is CCC#CCN1CCCN(C(=O)C2CCCC2)CC1.O=CO. The zero-order valence-corrected chi connectivity index (χ0v) is 13.6. The molecule has 2 aliphatic rings. The van der Waals surface area contributed by atoms with Crippen LogP contribution >= 0.6 is 0 Å². The van der Waals surface area contributed by atoms with Crippen molar-refractivity contribution in [2.75, 3.05) is 32.7 Å². The second-order valence-corrected chi connectivity index (χ2v) is 5.75. The molecule has 1 N–H and O–H groups in total. The smallest absolute Gasteiger partial charge is 0.290 e. The van der Waals surface area contributed by atoms with Crippen LogP contribution in [0.4, 0.5) is 0 Å². The number of amides is 1. The van der Waals surface area contributed by atoms with E-state index in [-0.39, 0.29) is 6.47 Å². The van der Waals surface area contributed by atoms with Crippen LogP contribution in [-0.2, 0) is 9.59 Å². The van der Waals surface area contributed by atoms with Crippen molar-refractivity contribution in [3.8, 4) is 11.8 Å². The minimum atomic E-state index is -0.250. The van der Waals surface area contributed by atoms with Gasteiger partial charge in [0, 0.05) is 38.5 Å². The highest BCUT2D eigenvalue weighted by Crippen LogP contribution is 2.26. The lowest BCUT2D eigenvalue weighted by atomic mass is 10.1. The summed E-state index contributed by atoms with van der Waals surface area (Å²) in [6, 6.07) is 0. The van der Waals surface area contributed by atoms with Crippen LogP contribution in [0.5, 0.6) is 0 Å². The molecule has 1 saturated carbocycles. The first kappa shape index (κ1) is 18.5.